The third-order valence-electron chi connectivity index (χ3n) is 4.02. The summed E-state index contributed by atoms with van der Waals surface area (Å²) in [5.41, 5.74) is 0. The standard InChI is InChI=1S/C14H24N2O8S/c1-10-5-7-15(8-6-10)12(17)11(16(13(18)19)14(20)21)4-3-9-24-25(2,22)23/h10-11H,3-9H2,1-2H3,(H,18,19)(H,20,21)/t11-/m0/s1. The van der Waals surface area contributed by atoms with Gasteiger partial charge in [-0.05, 0) is 31.6 Å². The second-order valence-corrected chi connectivity index (χ2v) is 7.77. The number of likely N-dealkylation sites (tertiary alicyclic amines) is 1. The fraction of sp³-hybridized carbons (Fsp3) is 0.786. The first-order valence-corrected chi connectivity index (χ1v) is 9.73. The predicted molar refractivity (Wildman–Crippen MR) is 86.7 cm³/mol. The molecule has 11 heteroatoms. The maximum absolute atomic E-state index is 12.6. The molecule has 0 spiro atoms. The van der Waals surface area contributed by atoms with Crippen LogP contribution in [0.4, 0.5) is 9.59 Å². The van der Waals surface area contributed by atoms with Gasteiger partial charge in [-0.2, -0.15) is 13.3 Å². The monoisotopic (exact) mass is 380 g/mol. The van der Waals surface area contributed by atoms with Crippen LogP contribution in [0.2, 0.25) is 0 Å². The second-order valence-electron chi connectivity index (χ2n) is 6.13. The number of carbonyl (C=O) groups is 3. The van der Waals surface area contributed by atoms with Crippen LogP contribution < -0.4 is 0 Å². The molecule has 0 aromatic carbocycles. The van der Waals surface area contributed by atoms with E-state index in [1.807, 2.05) is 6.92 Å². The van der Waals surface area contributed by atoms with Gasteiger partial charge in [-0.3, -0.25) is 8.98 Å². The van der Waals surface area contributed by atoms with Gasteiger partial charge in [-0.1, -0.05) is 6.92 Å². The van der Waals surface area contributed by atoms with Crippen LogP contribution >= 0.6 is 0 Å². The zero-order valence-electron chi connectivity index (χ0n) is 14.3. The Morgan fingerprint density at radius 3 is 2.16 bits per heavy atom. The van der Waals surface area contributed by atoms with Crippen molar-refractivity contribution in [2.45, 2.75) is 38.6 Å². The van der Waals surface area contributed by atoms with Gasteiger partial charge in [-0.15, -0.1) is 0 Å². The lowest BCUT2D eigenvalue weighted by Gasteiger charge is -2.35. The van der Waals surface area contributed by atoms with Crippen LogP contribution in [0.15, 0.2) is 0 Å². The number of hydrogen-bond acceptors (Lipinski definition) is 6. The van der Waals surface area contributed by atoms with Crippen molar-refractivity contribution in [2.75, 3.05) is 26.0 Å². The molecule has 0 aromatic heterocycles. The molecule has 0 bridgehead atoms. The van der Waals surface area contributed by atoms with E-state index in [2.05, 4.69) is 4.18 Å². The molecule has 3 amide bonds. The molecule has 25 heavy (non-hydrogen) atoms. The SMILES string of the molecule is CC1CCN(C(=O)[C@H](CCCOS(C)(=O)=O)N(C(=O)O)C(=O)O)CC1. The first-order chi connectivity index (χ1) is 11.5. The maximum Gasteiger partial charge on any atom is 0.417 e. The van der Waals surface area contributed by atoms with Gasteiger partial charge in [0.25, 0.3) is 10.1 Å². The Kier molecular flexibility index (Phi) is 7.61. The number of rotatable bonds is 7. The van der Waals surface area contributed by atoms with E-state index in [4.69, 9.17) is 10.2 Å². The van der Waals surface area contributed by atoms with Crippen LogP contribution in [0.3, 0.4) is 0 Å². The Labute approximate surface area is 146 Å². The van der Waals surface area contributed by atoms with E-state index in [1.165, 1.54) is 4.90 Å². The first-order valence-electron chi connectivity index (χ1n) is 7.91. The predicted octanol–water partition coefficient (Wildman–Crippen LogP) is 1.03. The number of carboxylic acid groups (broad SMARTS) is 2. The van der Waals surface area contributed by atoms with E-state index >= 15 is 0 Å². The van der Waals surface area contributed by atoms with Crippen molar-refractivity contribution in [1.82, 2.24) is 9.80 Å². The van der Waals surface area contributed by atoms with Crippen molar-refractivity contribution in [2.24, 2.45) is 5.92 Å². The molecule has 1 aliphatic rings. The van der Waals surface area contributed by atoms with E-state index < -0.39 is 34.3 Å². The molecule has 1 fully saturated rings. The normalized spacial score (nSPS) is 17.1. The van der Waals surface area contributed by atoms with E-state index in [1.54, 1.807) is 0 Å². The van der Waals surface area contributed by atoms with Crippen molar-refractivity contribution < 1.29 is 37.2 Å². The van der Waals surface area contributed by atoms with Crippen molar-refractivity contribution in [3.05, 3.63) is 0 Å². The topological polar surface area (TPSA) is 142 Å². The summed E-state index contributed by atoms with van der Waals surface area (Å²) in [6, 6.07) is -1.42. The highest BCUT2D eigenvalue weighted by Gasteiger charge is 2.37. The van der Waals surface area contributed by atoms with E-state index in [9.17, 15) is 22.8 Å². The molecule has 1 atom stereocenters. The molecule has 1 aliphatic heterocycles. The Balaban J connectivity index is 2.84. The minimum absolute atomic E-state index is 0.0186. The zero-order chi connectivity index (χ0) is 19.2. The van der Waals surface area contributed by atoms with Gasteiger partial charge in [0.15, 0.2) is 0 Å². The lowest BCUT2D eigenvalue weighted by Crippen LogP contribution is -2.54. The van der Waals surface area contributed by atoms with Crippen LogP contribution in [-0.2, 0) is 19.1 Å². The maximum atomic E-state index is 12.6. The summed E-state index contributed by atoms with van der Waals surface area (Å²) in [4.78, 5) is 36.7. The van der Waals surface area contributed by atoms with Crippen molar-refractivity contribution in [3.63, 3.8) is 0 Å². The van der Waals surface area contributed by atoms with E-state index in [0.29, 0.717) is 19.0 Å². The number of nitrogens with zero attached hydrogens (tertiary/aromatic N) is 2. The summed E-state index contributed by atoms with van der Waals surface area (Å²) in [5, 5.41) is 18.3. The average Bonchev–Trinajstić information content (AvgIpc) is 2.48. The summed E-state index contributed by atoms with van der Waals surface area (Å²) in [6.45, 7) is 2.65. The molecule has 1 rings (SSSR count). The van der Waals surface area contributed by atoms with Gasteiger partial charge in [0.2, 0.25) is 5.91 Å². The average molecular weight is 380 g/mol. The largest absolute Gasteiger partial charge is 0.464 e. The summed E-state index contributed by atoms with van der Waals surface area (Å²) < 4.78 is 26.4. The third kappa shape index (κ3) is 6.86. The second kappa shape index (κ2) is 8.99. The fourth-order valence-electron chi connectivity index (χ4n) is 2.64. The van der Waals surface area contributed by atoms with E-state index in [-0.39, 0.29) is 24.3 Å². The molecule has 1 saturated heterocycles. The first kappa shape index (κ1) is 21.2. The lowest BCUT2D eigenvalue weighted by molar-refractivity contribution is -0.137. The number of carbonyl (C=O) groups excluding carboxylic acids is 1. The highest BCUT2D eigenvalue weighted by molar-refractivity contribution is 7.85. The highest BCUT2D eigenvalue weighted by atomic mass is 32.2. The smallest absolute Gasteiger partial charge is 0.417 e. The molecule has 0 saturated carbocycles. The van der Waals surface area contributed by atoms with Gasteiger partial charge in [0, 0.05) is 13.1 Å². The molecule has 1 heterocycles. The molecule has 10 nitrogen and oxygen atoms in total. The van der Waals surface area contributed by atoms with Gasteiger partial charge in [0.1, 0.15) is 6.04 Å². The highest BCUT2D eigenvalue weighted by Crippen LogP contribution is 2.20. The number of amides is 3. The molecule has 2 N–H and O–H groups in total. The molecular weight excluding hydrogens is 356 g/mol. The number of imide groups is 1. The molecule has 0 radical (unpaired) electrons. The fourth-order valence-corrected chi connectivity index (χ4v) is 3.06. The van der Waals surface area contributed by atoms with Crippen molar-refractivity contribution >= 4 is 28.2 Å². The summed E-state index contributed by atoms with van der Waals surface area (Å²) in [6.07, 6.45) is -1.25. The van der Waals surface area contributed by atoms with Crippen molar-refractivity contribution in [1.29, 1.82) is 0 Å². The van der Waals surface area contributed by atoms with E-state index in [0.717, 1.165) is 19.1 Å². The summed E-state index contributed by atoms with van der Waals surface area (Å²) in [5.74, 6) is -0.142. The van der Waals surface area contributed by atoms with Crippen molar-refractivity contribution in [3.8, 4) is 0 Å². The molecule has 144 valence electrons. The Hall–Kier alpha value is -1.88. The van der Waals surface area contributed by atoms with Gasteiger partial charge in [-0.25, -0.2) is 9.59 Å². The Morgan fingerprint density at radius 1 is 1.20 bits per heavy atom. The van der Waals surface area contributed by atoms with Gasteiger partial charge >= 0.3 is 12.2 Å². The van der Waals surface area contributed by atoms with Crippen LogP contribution in [-0.4, -0.2) is 78.5 Å². The van der Waals surface area contributed by atoms with Crippen LogP contribution in [0.5, 0.6) is 0 Å². The van der Waals surface area contributed by atoms with Crippen LogP contribution in [0.1, 0.15) is 32.6 Å². The zero-order valence-corrected chi connectivity index (χ0v) is 15.1. The number of hydrogen-bond donors (Lipinski definition) is 2. The Bertz CT molecular complexity index is 584. The minimum Gasteiger partial charge on any atom is -0.464 e. The van der Waals surface area contributed by atoms with Gasteiger partial charge in [0.05, 0.1) is 12.9 Å². The summed E-state index contributed by atoms with van der Waals surface area (Å²) >= 11 is 0. The summed E-state index contributed by atoms with van der Waals surface area (Å²) in [7, 11) is -3.66. The van der Waals surface area contributed by atoms with Crippen LogP contribution in [0.25, 0.3) is 0 Å². The molecule has 0 unspecified atom stereocenters. The molecule has 0 aromatic rings. The third-order valence-corrected chi connectivity index (χ3v) is 4.62. The Morgan fingerprint density at radius 2 is 1.72 bits per heavy atom. The molecular formula is C14H24N2O8S. The van der Waals surface area contributed by atoms with Crippen LogP contribution in [0, 0.1) is 5.92 Å². The quantitative estimate of drug-likeness (QED) is 0.492. The minimum atomic E-state index is -3.66. The molecule has 0 aliphatic carbocycles. The number of piperidine rings is 1. The lowest BCUT2D eigenvalue weighted by atomic mass is 9.98. The van der Waals surface area contributed by atoms with Gasteiger partial charge < -0.3 is 15.1 Å².